The maximum absolute atomic E-state index is 13.3. The van der Waals surface area contributed by atoms with Crippen LogP contribution >= 0.6 is 0 Å². The number of hydrogen-bond acceptors (Lipinski definition) is 3. The molecule has 2 rings (SSSR count). The van der Waals surface area contributed by atoms with Gasteiger partial charge in [0.1, 0.15) is 11.3 Å². The lowest BCUT2D eigenvalue weighted by atomic mass is 9.92. The lowest BCUT2D eigenvalue weighted by molar-refractivity contribution is -0.138. The number of esters is 1. The first-order chi connectivity index (χ1) is 11.9. The average molecular weight is 378 g/mol. The van der Waals surface area contributed by atoms with Crippen molar-refractivity contribution < 1.29 is 41.0 Å². The summed E-state index contributed by atoms with van der Waals surface area (Å²) in [6.07, 6.45) is -9.59. The van der Waals surface area contributed by atoms with Crippen LogP contribution in [0.1, 0.15) is 27.0 Å². The quantitative estimate of drug-likeness (QED) is 0.578. The minimum Gasteiger partial charge on any atom is -0.507 e. The highest BCUT2D eigenvalue weighted by molar-refractivity contribution is 5.96. The van der Waals surface area contributed by atoms with E-state index in [0.717, 1.165) is 19.2 Å². The molecule has 0 saturated carbocycles. The number of halogens is 6. The fourth-order valence-electron chi connectivity index (χ4n) is 2.44. The number of alkyl halides is 6. The number of benzene rings is 2. The third-order valence-electron chi connectivity index (χ3n) is 3.77. The summed E-state index contributed by atoms with van der Waals surface area (Å²) in [5.41, 5.74) is -3.69. The molecular formula is C17H12F6O3. The molecule has 9 heteroatoms. The number of carbonyl (C=O) groups excluding carboxylic acids is 1. The summed E-state index contributed by atoms with van der Waals surface area (Å²) in [5, 5.41) is 10.1. The highest BCUT2D eigenvalue weighted by Gasteiger charge is 2.39. The number of hydrogen-bond donors (Lipinski definition) is 1. The lowest BCUT2D eigenvalue weighted by Crippen LogP contribution is -2.15. The van der Waals surface area contributed by atoms with Gasteiger partial charge in [-0.3, -0.25) is 0 Å². The van der Waals surface area contributed by atoms with Crippen LogP contribution in [0, 0.1) is 6.92 Å². The predicted molar refractivity (Wildman–Crippen MR) is 79.6 cm³/mol. The number of phenolic OH excluding ortho intramolecular Hbond substituents is 1. The molecule has 0 radical (unpaired) electrons. The van der Waals surface area contributed by atoms with Gasteiger partial charge in [0.05, 0.1) is 18.2 Å². The minimum absolute atomic E-state index is 0.0210. The van der Waals surface area contributed by atoms with Crippen molar-refractivity contribution in [2.75, 3.05) is 7.11 Å². The second-order valence-corrected chi connectivity index (χ2v) is 5.38. The van der Waals surface area contributed by atoms with Gasteiger partial charge in [-0.2, -0.15) is 26.3 Å². The predicted octanol–water partition coefficient (Wildman–Crippen LogP) is 5.19. The van der Waals surface area contributed by atoms with Crippen molar-refractivity contribution in [2.45, 2.75) is 19.3 Å². The van der Waals surface area contributed by atoms with Crippen molar-refractivity contribution in [3.63, 3.8) is 0 Å². The van der Waals surface area contributed by atoms with Crippen LogP contribution in [0.25, 0.3) is 11.1 Å². The molecule has 0 fully saturated rings. The Hall–Kier alpha value is -2.71. The number of phenols is 1. The van der Waals surface area contributed by atoms with E-state index in [-0.39, 0.29) is 16.7 Å². The zero-order valence-corrected chi connectivity index (χ0v) is 13.4. The molecular weight excluding hydrogens is 366 g/mol. The molecule has 0 aliphatic heterocycles. The highest BCUT2D eigenvalue weighted by Crippen LogP contribution is 2.42. The van der Waals surface area contributed by atoms with Crippen molar-refractivity contribution >= 4 is 5.97 Å². The number of ether oxygens (including phenoxy) is 1. The standard InChI is InChI=1S/C17H12F6O3/c1-8-11(9-3-5-10(6-4-9)16(18,19)20)7-12(17(21,22)23)13(14(8)24)15(25)26-2/h3-7,24H,1-2H3. The Bertz CT molecular complexity index is 836. The van der Waals surface area contributed by atoms with Gasteiger partial charge in [0.2, 0.25) is 0 Å². The Morgan fingerprint density at radius 3 is 1.96 bits per heavy atom. The minimum atomic E-state index is -4.99. The molecule has 2 aromatic rings. The third-order valence-corrected chi connectivity index (χ3v) is 3.77. The second-order valence-electron chi connectivity index (χ2n) is 5.38. The molecule has 0 spiro atoms. The van der Waals surface area contributed by atoms with Gasteiger partial charge in [0, 0.05) is 0 Å². The van der Waals surface area contributed by atoms with Gasteiger partial charge in [0.25, 0.3) is 0 Å². The Kier molecular flexibility index (Phi) is 4.94. The molecule has 0 aliphatic carbocycles. The van der Waals surface area contributed by atoms with Crippen molar-refractivity contribution in [3.8, 4) is 16.9 Å². The van der Waals surface area contributed by atoms with E-state index in [2.05, 4.69) is 4.74 Å². The van der Waals surface area contributed by atoms with E-state index in [1.807, 2.05) is 0 Å². The van der Waals surface area contributed by atoms with Crippen LogP contribution in [0.4, 0.5) is 26.3 Å². The molecule has 0 heterocycles. The summed E-state index contributed by atoms with van der Waals surface area (Å²) < 4.78 is 82.1. The van der Waals surface area contributed by atoms with E-state index in [0.29, 0.717) is 18.2 Å². The van der Waals surface area contributed by atoms with Gasteiger partial charge < -0.3 is 9.84 Å². The Balaban J connectivity index is 2.71. The van der Waals surface area contributed by atoms with Crippen LogP contribution in [0.2, 0.25) is 0 Å². The molecule has 0 atom stereocenters. The summed E-state index contributed by atoms with van der Waals surface area (Å²) in [5.74, 6) is -2.32. The van der Waals surface area contributed by atoms with Gasteiger partial charge in [-0.05, 0) is 41.8 Å². The van der Waals surface area contributed by atoms with E-state index in [9.17, 15) is 36.2 Å². The van der Waals surface area contributed by atoms with Crippen LogP contribution in [0.5, 0.6) is 5.75 Å². The average Bonchev–Trinajstić information content (AvgIpc) is 2.54. The smallest absolute Gasteiger partial charge is 0.417 e. The molecule has 0 aliphatic rings. The van der Waals surface area contributed by atoms with Crippen molar-refractivity contribution in [2.24, 2.45) is 0 Å². The molecule has 1 N–H and O–H groups in total. The van der Waals surface area contributed by atoms with Gasteiger partial charge >= 0.3 is 18.3 Å². The number of rotatable bonds is 2. The monoisotopic (exact) mass is 378 g/mol. The largest absolute Gasteiger partial charge is 0.507 e. The number of aromatic hydroxyl groups is 1. The summed E-state index contributed by atoms with van der Waals surface area (Å²) in [6, 6.07) is 4.01. The van der Waals surface area contributed by atoms with E-state index >= 15 is 0 Å². The number of methoxy groups -OCH3 is 1. The normalized spacial score (nSPS) is 12.2. The van der Waals surface area contributed by atoms with E-state index in [1.165, 1.54) is 6.92 Å². The topological polar surface area (TPSA) is 46.5 Å². The third kappa shape index (κ3) is 3.61. The fraction of sp³-hybridized carbons (Fsp3) is 0.235. The zero-order chi connectivity index (χ0) is 19.9. The molecule has 140 valence electrons. The Labute approximate surface area is 143 Å². The van der Waals surface area contributed by atoms with Crippen molar-refractivity contribution in [1.29, 1.82) is 0 Å². The Morgan fingerprint density at radius 2 is 1.54 bits per heavy atom. The summed E-state index contributed by atoms with van der Waals surface area (Å²) >= 11 is 0. The molecule has 0 saturated heterocycles. The van der Waals surface area contributed by atoms with Crippen molar-refractivity contribution in [3.05, 3.63) is 52.6 Å². The first-order valence-electron chi connectivity index (χ1n) is 7.07. The van der Waals surface area contributed by atoms with Gasteiger partial charge in [-0.15, -0.1) is 0 Å². The molecule has 0 unspecified atom stereocenters. The molecule has 2 aromatic carbocycles. The van der Waals surface area contributed by atoms with Crippen LogP contribution in [-0.4, -0.2) is 18.2 Å². The summed E-state index contributed by atoms with van der Waals surface area (Å²) in [6.45, 7) is 1.24. The Morgan fingerprint density at radius 1 is 1.00 bits per heavy atom. The van der Waals surface area contributed by atoms with Gasteiger partial charge in [0.15, 0.2) is 0 Å². The maximum Gasteiger partial charge on any atom is 0.417 e. The van der Waals surface area contributed by atoms with Crippen LogP contribution in [-0.2, 0) is 17.1 Å². The van der Waals surface area contributed by atoms with E-state index < -0.39 is 40.8 Å². The lowest BCUT2D eigenvalue weighted by Gasteiger charge is -2.18. The van der Waals surface area contributed by atoms with Crippen molar-refractivity contribution in [1.82, 2.24) is 0 Å². The summed E-state index contributed by atoms with van der Waals surface area (Å²) in [4.78, 5) is 11.6. The molecule has 0 bridgehead atoms. The molecule has 26 heavy (non-hydrogen) atoms. The molecule has 0 aromatic heterocycles. The maximum atomic E-state index is 13.3. The first-order valence-corrected chi connectivity index (χ1v) is 7.07. The van der Waals surface area contributed by atoms with Crippen LogP contribution in [0.15, 0.2) is 30.3 Å². The van der Waals surface area contributed by atoms with Crippen LogP contribution in [0.3, 0.4) is 0 Å². The highest BCUT2D eigenvalue weighted by atomic mass is 19.4. The summed E-state index contributed by atoms with van der Waals surface area (Å²) in [7, 11) is 0.862. The van der Waals surface area contributed by atoms with Gasteiger partial charge in [-0.1, -0.05) is 12.1 Å². The second kappa shape index (κ2) is 6.54. The molecule has 3 nitrogen and oxygen atoms in total. The SMILES string of the molecule is COC(=O)c1c(C(F)(F)F)cc(-c2ccc(C(F)(F)F)cc2)c(C)c1O. The van der Waals surface area contributed by atoms with Crippen LogP contribution < -0.4 is 0 Å². The number of carbonyl (C=O) groups is 1. The molecule has 0 amide bonds. The van der Waals surface area contributed by atoms with Gasteiger partial charge in [-0.25, -0.2) is 4.79 Å². The van der Waals surface area contributed by atoms with E-state index in [4.69, 9.17) is 0 Å². The van der Waals surface area contributed by atoms with E-state index in [1.54, 1.807) is 0 Å². The first kappa shape index (κ1) is 19.6. The zero-order valence-electron chi connectivity index (χ0n) is 13.4. The fourth-order valence-corrected chi connectivity index (χ4v) is 2.44.